The van der Waals surface area contributed by atoms with E-state index in [1.807, 2.05) is 4.72 Å². The van der Waals surface area contributed by atoms with Gasteiger partial charge in [-0.1, -0.05) is 0 Å². The van der Waals surface area contributed by atoms with Crippen molar-refractivity contribution in [1.29, 1.82) is 0 Å². The van der Waals surface area contributed by atoms with E-state index in [0.29, 0.717) is 12.8 Å². The third kappa shape index (κ3) is 2.33. The predicted molar refractivity (Wildman–Crippen MR) is 63.0 cm³/mol. The van der Waals surface area contributed by atoms with Crippen LogP contribution in [0.5, 0.6) is 0 Å². The lowest BCUT2D eigenvalue weighted by atomic mass is 10.2. The lowest BCUT2D eigenvalue weighted by Crippen LogP contribution is -2.50. The smallest absolute Gasteiger partial charge is 0.254 e. The second-order valence-electron chi connectivity index (χ2n) is 5.07. The first-order valence-electron chi connectivity index (χ1n) is 5.26. The number of sulfonamides is 1. The number of alkyl halides is 2. The summed E-state index contributed by atoms with van der Waals surface area (Å²) in [7, 11) is -3.80. The van der Waals surface area contributed by atoms with Gasteiger partial charge in [-0.15, -0.1) is 12.4 Å². The Hall–Kier alpha value is -0.470. The Morgan fingerprint density at radius 1 is 1.44 bits per heavy atom. The maximum absolute atomic E-state index is 12.3. The van der Waals surface area contributed by atoms with Crippen molar-refractivity contribution in [3.63, 3.8) is 0 Å². The molecule has 0 saturated heterocycles. The number of hydrogen-bond acceptors (Lipinski definition) is 4. The zero-order valence-corrected chi connectivity index (χ0v) is 11.3. The van der Waals surface area contributed by atoms with Crippen LogP contribution >= 0.6 is 12.4 Å². The third-order valence-electron chi connectivity index (χ3n) is 3.62. The van der Waals surface area contributed by atoms with Crippen LogP contribution in [0.2, 0.25) is 0 Å². The van der Waals surface area contributed by atoms with Crippen LogP contribution in [-0.2, 0) is 14.8 Å². The average Bonchev–Trinajstić information content (AvgIpc) is 3.04. The Labute approximate surface area is 110 Å². The Morgan fingerprint density at radius 3 is 2.28 bits per heavy atom. The zero-order valence-electron chi connectivity index (χ0n) is 9.65. The second kappa shape index (κ2) is 4.28. The number of hydrogen-bond donors (Lipinski definition) is 2. The minimum Gasteiger partial charge on any atom is -0.317 e. The minimum atomic E-state index is -3.80. The Bertz CT molecular complexity index is 466. The van der Waals surface area contributed by atoms with Crippen LogP contribution in [0.3, 0.4) is 0 Å². The van der Waals surface area contributed by atoms with Gasteiger partial charge in [0.05, 0.1) is 4.75 Å². The average molecular weight is 305 g/mol. The number of nitrogens with two attached hydrogens (primary N) is 1. The van der Waals surface area contributed by atoms with Crippen LogP contribution < -0.4 is 10.5 Å². The summed E-state index contributed by atoms with van der Waals surface area (Å²) in [6, 6.07) is 0. The Kier molecular flexibility index (Phi) is 3.70. The fourth-order valence-corrected chi connectivity index (χ4v) is 2.98. The molecule has 5 nitrogen and oxygen atoms in total. The van der Waals surface area contributed by atoms with Crippen molar-refractivity contribution in [2.75, 3.05) is 0 Å². The molecule has 2 fully saturated rings. The van der Waals surface area contributed by atoms with E-state index in [2.05, 4.69) is 0 Å². The molecule has 0 unspecified atom stereocenters. The molecular formula is C9H15ClF2N2O3S. The molecule has 0 radical (unpaired) electrons. The monoisotopic (exact) mass is 304 g/mol. The van der Waals surface area contributed by atoms with Crippen molar-refractivity contribution in [1.82, 2.24) is 4.72 Å². The molecule has 0 spiro atoms. The molecule has 2 rings (SSSR count). The summed E-state index contributed by atoms with van der Waals surface area (Å²) in [5.41, 5.74) is 3.72. The van der Waals surface area contributed by atoms with Crippen LogP contribution in [0.1, 0.15) is 26.2 Å². The number of rotatable bonds is 4. The van der Waals surface area contributed by atoms with E-state index >= 15 is 0 Å². The maximum atomic E-state index is 12.3. The molecule has 1 amide bonds. The first kappa shape index (κ1) is 15.6. The standard InChI is InChI=1S/C9H14F2N2O3S.ClH/c1-8(2-3-8)17(15,16)13-7(14)9(12)4-5(9)6(10)11;/h5-6H,2-4,12H2,1H3,(H,13,14);1H/t5-,9+;/m0./s1. The summed E-state index contributed by atoms with van der Waals surface area (Å²) in [6.45, 7) is 1.50. The number of nitrogens with one attached hydrogen (secondary N) is 1. The molecule has 3 N–H and O–H groups in total. The van der Waals surface area contributed by atoms with Gasteiger partial charge in [0.2, 0.25) is 16.4 Å². The maximum Gasteiger partial charge on any atom is 0.254 e. The molecule has 0 bridgehead atoms. The van der Waals surface area contributed by atoms with Gasteiger partial charge < -0.3 is 5.73 Å². The highest BCUT2D eigenvalue weighted by molar-refractivity contribution is 7.91. The van der Waals surface area contributed by atoms with E-state index in [4.69, 9.17) is 5.73 Å². The molecule has 2 aliphatic rings. The van der Waals surface area contributed by atoms with Gasteiger partial charge in [0, 0.05) is 5.92 Å². The van der Waals surface area contributed by atoms with E-state index in [9.17, 15) is 22.0 Å². The van der Waals surface area contributed by atoms with Crippen molar-refractivity contribution in [3.8, 4) is 0 Å². The molecule has 0 heterocycles. The lowest BCUT2D eigenvalue weighted by molar-refractivity contribution is -0.122. The van der Waals surface area contributed by atoms with Gasteiger partial charge in [-0.25, -0.2) is 17.2 Å². The molecule has 0 aromatic rings. The number of amides is 1. The van der Waals surface area contributed by atoms with Crippen LogP contribution in [0.4, 0.5) is 8.78 Å². The fourth-order valence-electron chi connectivity index (χ4n) is 1.66. The molecule has 0 aromatic carbocycles. The van der Waals surface area contributed by atoms with E-state index in [1.54, 1.807) is 0 Å². The van der Waals surface area contributed by atoms with Crippen LogP contribution in [0, 0.1) is 5.92 Å². The first-order valence-corrected chi connectivity index (χ1v) is 6.74. The highest BCUT2D eigenvalue weighted by atomic mass is 35.5. The number of carbonyl (C=O) groups is 1. The van der Waals surface area contributed by atoms with Crippen LogP contribution in [-0.4, -0.2) is 31.0 Å². The van der Waals surface area contributed by atoms with Crippen molar-refractivity contribution >= 4 is 28.3 Å². The van der Waals surface area contributed by atoms with Gasteiger partial charge in [-0.2, -0.15) is 0 Å². The van der Waals surface area contributed by atoms with Gasteiger partial charge in [-0.3, -0.25) is 9.52 Å². The molecule has 2 atom stereocenters. The zero-order chi connectivity index (χ0) is 13.1. The molecule has 9 heteroatoms. The minimum absolute atomic E-state index is 0. The largest absolute Gasteiger partial charge is 0.317 e. The summed E-state index contributed by atoms with van der Waals surface area (Å²) >= 11 is 0. The Balaban J connectivity index is 0.00000162. The summed E-state index contributed by atoms with van der Waals surface area (Å²) in [6.07, 6.45) is -1.95. The molecule has 18 heavy (non-hydrogen) atoms. The highest BCUT2D eigenvalue weighted by Crippen LogP contribution is 2.47. The molecule has 0 aromatic heterocycles. The summed E-state index contributed by atoms with van der Waals surface area (Å²) in [5, 5.41) is 0. The van der Waals surface area contributed by atoms with Gasteiger partial charge in [0.25, 0.3) is 5.91 Å². The normalized spacial score (nSPS) is 32.6. The molecule has 2 aliphatic carbocycles. The third-order valence-corrected chi connectivity index (χ3v) is 5.78. The fraction of sp³-hybridized carbons (Fsp3) is 0.889. The van der Waals surface area contributed by atoms with E-state index < -0.39 is 38.6 Å². The van der Waals surface area contributed by atoms with E-state index in [-0.39, 0.29) is 18.8 Å². The van der Waals surface area contributed by atoms with Crippen LogP contribution in [0.15, 0.2) is 0 Å². The highest BCUT2D eigenvalue weighted by Gasteiger charge is 2.63. The van der Waals surface area contributed by atoms with Crippen molar-refractivity contribution < 1.29 is 22.0 Å². The van der Waals surface area contributed by atoms with Crippen molar-refractivity contribution in [3.05, 3.63) is 0 Å². The summed E-state index contributed by atoms with van der Waals surface area (Å²) in [5.74, 6) is -2.26. The van der Waals surface area contributed by atoms with Crippen molar-refractivity contribution in [2.24, 2.45) is 11.7 Å². The lowest BCUT2D eigenvalue weighted by Gasteiger charge is -2.15. The SMILES string of the molecule is CC1(S(=O)(=O)NC(=O)[C@@]2(N)C[C@H]2C(F)F)CC1.Cl. The summed E-state index contributed by atoms with van der Waals surface area (Å²) in [4.78, 5) is 11.6. The first-order chi connectivity index (χ1) is 7.62. The van der Waals surface area contributed by atoms with Crippen molar-refractivity contribution in [2.45, 2.75) is 42.9 Å². The molecule has 2 saturated carbocycles. The topological polar surface area (TPSA) is 89.3 Å². The molecule has 0 aliphatic heterocycles. The number of halogens is 3. The quantitative estimate of drug-likeness (QED) is 0.786. The van der Waals surface area contributed by atoms with Gasteiger partial charge in [0.15, 0.2) is 0 Å². The van der Waals surface area contributed by atoms with Gasteiger partial charge in [-0.05, 0) is 26.2 Å². The van der Waals surface area contributed by atoms with Gasteiger partial charge in [0.1, 0.15) is 5.54 Å². The predicted octanol–water partition coefficient (Wildman–Crippen LogP) is 0.389. The van der Waals surface area contributed by atoms with Gasteiger partial charge >= 0.3 is 0 Å². The molecular weight excluding hydrogens is 290 g/mol. The number of carbonyl (C=O) groups excluding carboxylic acids is 1. The molecule has 106 valence electrons. The Morgan fingerprint density at radius 2 is 1.94 bits per heavy atom. The van der Waals surface area contributed by atoms with Crippen LogP contribution in [0.25, 0.3) is 0 Å². The second-order valence-corrected chi connectivity index (χ2v) is 7.27. The van der Waals surface area contributed by atoms with E-state index in [1.165, 1.54) is 6.92 Å². The van der Waals surface area contributed by atoms with E-state index in [0.717, 1.165) is 0 Å². The summed E-state index contributed by atoms with van der Waals surface area (Å²) < 4.78 is 49.0.